The van der Waals surface area contributed by atoms with E-state index in [0.717, 1.165) is 11.3 Å². The number of anilines is 1. The van der Waals surface area contributed by atoms with Crippen molar-refractivity contribution in [3.8, 4) is 6.07 Å². The first-order valence-electron chi connectivity index (χ1n) is 4.43. The van der Waals surface area contributed by atoms with Crippen LogP contribution in [0, 0.1) is 11.3 Å². The number of rotatable bonds is 3. The summed E-state index contributed by atoms with van der Waals surface area (Å²) in [5, 5.41) is 11.5. The fourth-order valence-electron chi connectivity index (χ4n) is 1.13. The van der Waals surface area contributed by atoms with Crippen LogP contribution in [0.15, 0.2) is 30.3 Å². The second kappa shape index (κ2) is 5.78. The molecule has 1 rings (SSSR count). The molecule has 0 aromatic heterocycles. The Labute approximate surface area is 94.2 Å². The van der Waals surface area contributed by atoms with Gasteiger partial charge in [0, 0.05) is 5.69 Å². The molecule has 0 amide bonds. The molecule has 3 N–H and O–H groups in total. The van der Waals surface area contributed by atoms with Gasteiger partial charge in [-0.2, -0.15) is 5.26 Å². The third-order valence-electron chi connectivity index (χ3n) is 1.73. The van der Waals surface area contributed by atoms with E-state index in [0.29, 0.717) is 6.42 Å². The molecule has 0 aliphatic carbocycles. The molecule has 4 heteroatoms. The van der Waals surface area contributed by atoms with Crippen LogP contribution in [-0.2, 0) is 0 Å². The van der Waals surface area contributed by atoms with Crippen LogP contribution in [0.2, 0.25) is 0 Å². The summed E-state index contributed by atoms with van der Waals surface area (Å²) in [4.78, 5) is 0. The maximum Gasteiger partial charge on any atom is 0.168 e. The molecule has 0 aliphatic rings. The Morgan fingerprint density at radius 1 is 1.53 bits per heavy atom. The van der Waals surface area contributed by atoms with Gasteiger partial charge in [0.15, 0.2) is 5.11 Å². The third-order valence-corrected chi connectivity index (χ3v) is 1.83. The van der Waals surface area contributed by atoms with Gasteiger partial charge in [0.05, 0.1) is 12.5 Å². The molecule has 0 unspecified atom stereocenters. The third kappa shape index (κ3) is 3.79. The van der Waals surface area contributed by atoms with Gasteiger partial charge < -0.3 is 11.1 Å². The molecule has 0 atom stereocenters. The number of nitrogens with zero attached hydrogens (tertiary/aromatic N) is 1. The summed E-state index contributed by atoms with van der Waals surface area (Å²) < 4.78 is 0. The van der Waals surface area contributed by atoms with Gasteiger partial charge >= 0.3 is 0 Å². The van der Waals surface area contributed by atoms with Crippen molar-refractivity contribution in [3.63, 3.8) is 0 Å². The topological polar surface area (TPSA) is 61.8 Å². The minimum Gasteiger partial charge on any atom is -0.376 e. The number of nitrogens with one attached hydrogen (secondary N) is 1. The number of thiocarbonyl (C=S) groups is 1. The average molecular weight is 217 g/mol. The van der Waals surface area contributed by atoms with Gasteiger partial charge in [-0.05, 0) is 23.8 Å². The molecular formula is C11H11N3S. The highest BCUT2D eigenvalue weighted by Gasteiger charge is 1.97. The highest BCUT2D eigenvalue weighted by molar-refractivity contribution is 7.80. The molecule has 3 nitrogen and oxygen atoms in total. The minimum atomic E-state index is 0.233. The van der Waals surface area contributed by atoms with Crippen LogP contribution in [0.25, 0.3) is 6.08 Å². The number of para-hydroxylation sites is 1. The van der Waals surface area contributed by atoms with Crippen LogP contribution in [0.5, 0.6) is 0 Å². The van der Waals surface area contributed by atoms with Crippen molar-refractivity contribution in [1.82, 2.24) is 0 Å². The zero-order valence-electron chi connectivity index (χ0n) is 8.10. The van der Waals surface area contributed by atoms with Crippen LogP contribution in [0.3, 0.4) is 0 Å². The van der Waals surface area contributed by atoms with E-state index in [1.54, 1.807) is 6.08 Å². The second-order valence-corrected chi connectivity index (χ2v) is 3.28. The summed E-state index contributed by atoms with van der Waals surface area (Å²) in [6.45, 7) is 0. The van der Waals surface area contributed by atoms with E-state index in [4.69, 9.17) is 23.2 Å². The van der Waals surface area contributed by atoms with E-state index in [1.807, 2.05) is 36.4 Å². The van der Waals surface area contributed by atoms with Crippen LogP contribution < -0.4 is 11.1 Å². The summed E-state index contributed by atoms with van der Waals surface area (Å²) in [5.74, 6) is 0. The number of benzene rings is 1. The smallest absolute Gasteiger partial charge is 0.168 e. The van der Waals surface area contributed by atoms with Crippen molar-refractivity contribution in [2.45, 2.75) is 6.42 Å². The number of hydrogen-bond donors (Lipinski definition) is 2. The number of nitrogens with two attached hydrogens (primary N) is 1. The molecule has 76 valence electrons. The Morgan fingerprint density at radius 2 is 2.27 bits per heavy atom. The molecule has 0 radical (unpaired) electrons. The molecule has 0 spiro atoms. The summed E-state index contributed by atoms with van der Waals surface area (Å²) >= 11 is 4.76. The fraction of sp³-hybridized carbons (Fsp3) is 0.0909. The van der Waals surface area contributed by atoms with Crippen molar-refractivity contribution in [2.24, 2.45) is 5.73 Å². The summed E-state index contributed by atoms with van der Waals surface area (Å²) in [6, 6.07) is 9.65. The second-order valence-electron chi connectivity index (χ2n) is 2.84. The number of nitriles is 1. The molecule has 0 fully saturated rings. The molecule has 15 heavy (non-hydrogen) atoms. The lowest BCUT2D eigenvalue weighted by molar-refractivity contribution is 1.36. The first-order valence-corrected chi connectivity index (χ1v) is 4.84. The van der Waals surface area contributed by atoms with E-state index < -0.39 is 0 Å². The zero-order chi connectivity index (χ0) is 11.1. The Hall–Kier alpha value is -1.86. The van der Waals surface area contributed by atoms with Crippen LogP contribution in [0.4, 0.5) is 5.69 Å². The lowest BCUT2D eigenvalue weighted by Gasteiger charge is -2.06. The van der Waals surface area contributed by atoms with Crippen molar-refractivity contribution in [3.05, 3.63) is 35.9 Å². The minimum absolute atomic E-state index is 0.233. The van der Waals surface area contributed by atoms with Crippen LogP contribution >= 0.6 is 12.2 Å². The Bertz CT molecular complexity index is 418. The van der Waals surface area contributed by atoms with Crippen molar-refractivity contribution < 1.29 is 0 Å². The molecular weight excluding hydrogens is 206 g/mol. The molecule has 1 aromatic rings. The summed E-state index contributed by atoms with van der Waals surface area (Å²) in [5.41, 5.74) is 7.20. The van der Waals surface area contributed by atoms with E-state index in [2.05, 4.69) is 5.32 Å². The highest BCUT2D eigenvalue weighted by Crippen LogP contribution is 2.16. The Kier molecular flexibility index (Phi) is 4.32. The standard InChI is InChI=1S/C11H11N3S/c12-8-4-3-6-9-5-1-2-7-10(9)14-11(13)15/h1-3,5-7H,4H2,(H3,13,14,15). The molecule has 1 aromatic carbocycles. The Balaban J connectivity index is 2.87. The average Bonchev–Trinajstić information content (AvgIpc) is 2.20. The number of hydrogen-bond acceptors (Lipinski definition) is 2. The van der Waals surface area contributed by atoms with E-state index >= 15 is 0 Å². The predicted molar refractivity (Wildman–Crippen MR) is 66.1 cm³/mol. The normalized spacial score (nSPS) is 9.80. The van der Waals surface area contributed by atoms with E-state index in [9.17, 15) is 0 Å². The Morgan fingerprint density at radius 3 is 2.93 bits per heavy atom. The molecule has 0 heterocycles. The summed E-state index contributed by atoms with van der Waals surface area (Å²) in [7, 11) is 0. The van der Waals surface area contributed by atoms with Crippen molar-refractivity contribution in [2.75, 3.05) is 5.32 Å². The lowest BCUT2D eigenvalue weighted by Crippen LogP contribution is -2.19. The first-order chi connectivity index (χ1) is 7.24. The molecule has 0 saturated heterocycles. The van der Waals surface area contributed by atoms with E-state index in [1.165, 1.54) is 0 Å². The maximum absolute atomic E-state index is 8.40. The maximum atomic E-state index is 8.40. The highest BCUT2D eigenvalue weighted by atomic mass is 32.1. The van der Waals surface area contributed by atoms with Gasteiger partial charge in [-0.3, -0.25) is 0 Å². The largest absolute Gasteiger partial charge is 0.376 e. The molecule has 0 bridgehead atoms. The first kappa shape index (κ1) is 11.2. The fourth-order valence-corrected chi connectivity index (χ4v) is 1.24. The predicted octanol–water partition coefficient (Wildman–Crippen LogP) is 2.27. The zero-order valence-corrected chi connectivity index (χ0v) is 8.92. The van der Waals surface area contributed by atoms with E-state index in [-0.39, 0.29) is 5.11 Å². The van der Waals surface area contributed by atoms with Crippen LogP contribution in [-0.4, -0.2) is 5.11 Å². The van der Waals surface area contributed by atoms with Gasteiger partial charge in [-0.25, -0.2) is 0 Å². The van der Waals surface area contributed by atoms with Crippen molar-refractivity contribution >= 4 is 29.1 Å². The monoisotopic (exact) mass is 217 g/mol. The van der Waals surface area contributed by atoms with Crippen molar-refractivity contribution in [1.29, 1.82) is 5.26 Å². The van der Waals surface area contributed by atoms with Gasteiger partial charge in [-0.15, -0.1) is 0 Å². The summed E-state index contributed by atoms with van der Waals surface area (Å²) in [6.07, 6.45) is 4.05. The van der Waals surface area contributed by atoms with Gasteiger partial charge in [-0.1, -0.05) is 30.4 Å². The van der Waals surface area contributed by atoms with Gasteiger partial charge in [0.1, 0.15) is 0 Å². The number of allylic oxidation sites excluding steroid dienone is 1. The SMILES string of the molecule is N#CCC=Cc1ccccc1NC(N)=S. The van der Waals surface area contributed by atoms with Crippen LogP contribution in [0.1, 0.15) is 12.0 Å². The molecule has 0 saturated carbocycles. The van der Waals surface area contributed by atoms with Gasteiger partial charge in [0.25, 0.3) is 0 Å². The quantitative estimate of drug-likeness (QED) is 0.762. The lowest BCUT2D eigenvalue weighted by atomic mass is 10.1. The van der Waals surface area contributed by atoms with Gasteiger partial charge in [0.2, 0.25) is 0 Å². The molecule has 0 aliphatic heterocycles.